The second kappa shape index (κ2) is 17.6. The van der Waals surface area contributed by atoms with E-state index in [0.29, 0.717) is 24.3 Å². The fourth-order valence-corrected chi connectivity index (χ4v) is 4.39. The van der Waals surface area contributed by atoms with Crippen LogP contribution < -0.4 is 14.9 Å². The minimum atomic E-state index is -4.13. The van der Waals surface area contributed by atoms with E-state index in [4.69, 9.17) is 36.5 Å². The first kappa shape index (κ1) is 33.2. The fourth-order valence-electron chi connectivity index (χ4n) is 2.97. The number of likely N-dealkylation sites (N-methyl/N-ethyl adjacent to an activating group) is 1. The molecule has 0 bridgehead atoms. The zero-order valence-corrected chi connectivity index (χ0v) is 23.6. The van der Waals surface area contributed by atoms with E-state index in [1.807, 2.05) is 13.8 Å². The highest BCUT2D eigenvalue weighted by Gasteiger charge is 2.31. The maximum Gasteiger partial charge on any atom is 0.459 e. The number of nitrogens with zero attached hydrogens (tertiary/aromatic N) is 1. The second-order valence-corrected chi connectivity index (χ2v) is 10.0. The van der Waals surface area contributed by atoms with Crippen LogP contribution in [0.3, 0.4) is 0 Å². The van der Waals surface area contributed by atoms with Gasteiger partial charge in [-0.25, -0.2) is 9.65 Å². The summed E-state index contributed by atoms with van der Waals surface area (Å²) < 4.78 is 35.5. The van der Waals surface area contributed by atoms with Crippen molar-refractivity contribution in [1.29, 1.82) is 0 Å². The van der Waals surface area contributed by atoms with Gasteiger partial charge in [-0.2, -0.15) is 0 Å². The third kappa shape index (κ3) is 12.1. The third-order valence-corrected chi connectivity index (χ3v) is 6.97. The van der Waals surface area contributed by atoms with Gasteiger partial charge >= 0.3 is 13.7 Å². The molecular weight excluding hydrogens is 537 g/mol. The number of methoxy groups -OCH3 is 1. The lowest BCUT2D eigenvalue weighted by atomic mass is 10.1. The van der Waals surface area contributed by atoms with Gasteiger partial charge in [0, 0.05) is 37.9 Å². The summed E-state index contributed by atoms with van der Waals surface area (Å²) in [4.78, 5) is 36.4. The molecule has 3 atom stereocenters. The smallest absolute Gasteiger partial charge is 0.459 e. The Morgan fingerprint density at radius 2 is 1.87 bits per heavy atom. The van der Waals surface area contributed by atoms with E-state index in [0.717, 1.165) is 11.0 Å². The van der Waals surface area contributed by atoms with Crippen molar-refractivity contribution in [3.8, 4) is 18.1 Å². The first-order valence-corrected chi connectivity index (χ1v) is 13.8. The zero-order chi connectivity index (χ0) is 28.6. The standard InChI is InChI=1S/C25H35ClN3O8P/c1-6-20(29(18-30)14-13-24(31)27-4)15-23(34-5)17-35-38(33,37-22-11-9-19(26)10-12-22)28-16-25(32)36-21(7-2)8-3/h1,9-14,18,20-21,23H,7-8,15-17H2,2-5H3,(H,27,31)(H,28,33)/b14-13-. The SMILES string of the molecule is C#CC(CC(COP(=O)(NCC(=O)OC(CC)CC)Oc1ccc(Cl)cc1)OC)N(C=O)/C=C\C(=O)NC. The van der Waals surface area contributed by atoms with Gasteiger partial charge in [-0.15, -0.1) is 6.42 Å². The second-order valence-electron chi connectivity index (χ2n) is 7.86. The van der Waals surface area contributed by atoms with Gasteiger partial charge in [-0.3, -0.25) is 18.9 Å². The van der Waals surface area contributed by atoms with E-state index in [1.54, 1.807) is 12.1 Å². The summed E-state index contributed by atoms with van der Waals surface area (Å²) in [5.41, 5.74) is 0. The lowest BCUT2D eigenvalue weighted by Crippen LogP contribution is -2.35. The van der Waals surface area contributed by atoms with Crippen LogP contribution in [-0.2, 0) is 32.9 Å². The van der Waals surface area contributed by atoms with E-state index >= 15 is 0 Å². The number of halogens is 1. The van der Waals surface area contributed by atoms with E-state index in [1.165, 1.54) is 32.5 Å². The molecule has 0 aliphatic carbocycles. The van der Waals surface area contributed by atoms with Gasteiger partial charge in [0.15, 0.2) is 0 Å². The van der Waals surface area contributed by atoms with Crippen LogP contribution in [0, 0.1) is 12.3 Å². The molecule has 1 aromatic rings. The molecule has 0 saturated heterocycles. The van der Waals surface area contributed by atoms with Gasteiger partial charge in [0.25, 0.3) is 0 Å². The molecule has 1 rings (SSSR count). The van der Waals surface area contributed by atoms with Crippen LogP contribution in [0.1, 0.15) is 33.1 Å². The Balaban J connectivity index is 2.98. The molecule has 2 N–H and O–H groups in total. The average molecular weight is 572 g/mol. The average Bonchev–Trinajstić information content (AvgIpc) is 2.93. The van der Waals surface area contributed by atoms with Crippen molar-refractivity contribution in [2.45, 2.75) is 51.4 Å². The van der Waals surface area contributed by atoms with Gasteiger partial charge in [-0.05, 0) is 37.1 Å². The van der Waals surface area contributed by atoms with Gasteiger partial charge in [0.05, 0.1) is 18.8 Å². The molecule has 13 heteroatoms. The third-order valence-electron chi connectivity index (χ3n) is 5.23. The quantitative estimate of drug-likeness (QED) is 0.0895. The molecule has 0 spiro atoms. The number of amides is 2. The van der Waals surface area contributed by atoms with Crippen molar-refractivity contribution in [3.63, 3.8) is 0 Å². The Hall–Kier alpha value is -2.87. The van der Waals surface area contributed by atoms with E-state index in [9.17, 15) is 18.9 Å². The molecule has 0 heterocycles. The number of rotatable bonds is 18. The maximum absolute atomic E-state index is 13.6. The van der Waals surface area contributed by atoms with Crippen LogP contribution in [0.25, 0.3) is 0 Å². The predicted octanol–water partition coefficient (Wildman–Crippen LogP) is 3.29. The number of nitrogens with one attached hydrogen (secondary N) is 2. The highest BCUT2D eigenvalue weighted by atomic mass is 35.5. The van der Waals surface area contributed by atoms with Gasteiger partial charge in [-0.1, -0.05) is 31.4 Å². The highest BCUT2D eigenvalue weighted by Crippen LogP contribution is 2.44. The molecule has 0 aromatic heterocycles. The molecule has 0 aliphatic rings. The van der Waals surface area contributed by atoms with Gasteiger partial charge in [0.2, 0.25) is 12.3 Å². The zero-order valence-electron chi connectivity index (χ0n) is 21.9. The van der Waals surface area contributed by atoms with Crippen molar-refractivity contribution in [1.82, 2.24) is 15.3 Å². The number of esters is 1. The number of benzene rings is 1. The minimum absolute atomic E-state index is 0.0709. The number of carbonyl (C=O) groups excluding carboxylic acids is 3. The summed E-state index contributed by atoms with van der Waals surface area (Å²) in [5, 5.41) is 5.36. The summed E-state index contributed by atoms with van der Waals surface area (Å²) in [6.45, 7) is 3.07. The molecule has 0 radical (unpaired) electrons. The van der Waals surface area contributed by atoms with Crippen molar-refractivity contribution in [2.24, 2.45) is 0 Å². The molecule has 2 amide bonds. The number of hydrogen-bond donors (Lipinski definition) is 2. The van der Waals surface area contributed by atoms with Crippen LogP contribution >= 0.6 is 19.3 Å². The molecule has 3 unspecified atom stereocenters. The number of terminal acetylenes is 1. The molecule has 0 saturated carbocycles. The first-order chi connectivity index (χ1) is 18.1. The van der Waals surface area contributed by atoms with Gasteiger partial charge in [0.1, 0.15) is 18.4 Å². The first-order valence-electron chi connectivity index (χ1n) is 11.9. The summed E-state index contributed by atoms with van der Waals surface area (Å²) in [7, 11) is -1.29. The summed E-state index contributed by atoms with van der Waals surface area (Å²) in [6, 6.07) is 5.26. The van der Waals surface area contributed by atoms with Crippen LogP contribution in [0.15, 0.2) is 36.5 Å². The Labute approximate surface area is 228 Å². The Morgan fingerprint density at radius 3 is 2.39 bits per heavy atom. The molecule has 210 valence electrons. The lowest BCUT2D eigenvalue weighted by Gasteiger charge is -2.26. The summed E-state index contributed by atoms with van der Waals surface area (Å²) >= 11 is 5.91. The molecule has 38 heavy (non-hydrogen) atoms. The Kier molecular flexibility index (Phi) is 15.4. The van der Waals surface area contributed by atoms with E-state index in [2.05, 4.69) is 16.3 Å². The van der Waals surface area contributed by atoms with Crippen molar-refractivity contribution >= 4 is 37.6 Å². The molecule has 11 nitrogen and oxygen atoms in total. The molecule has 0 aliphatic heterocycles. The van der Waals surface area contributed by atoms with Crippen LogP contribution in [0.2, 0.25) is 5.02 Å². The number of hydrogen-bond acceptors (Lipinski definition) is 8. The summed E-state index contributed by atoms with van der Waals surface area (Å²) in [5.74, 6) is 1.59. The fraction of sp³-hybridized carbons (Fsp3) is 0.480. The predicted molar refractivity (Wildman–Crippen MR) is 143 cm³/mol. The highest BCUT2D eigenvalue weighted by molar-refractivity contribution is 7.52. The molecule has 0 fully saturated rings. The maximum atomic E-state index is 13.6. The number of carbonyl (C=O) groups is 3. The van der Waals surface area contributed by atoms with Crippen molar-refractivity contribution < 1.29 is 37.5 Å². The lowest BCUT2D eigenvalue weighted by molar-refractivity contribution is -0.148. The van der Waals surface area contributed by atoms with Crippen LogP contribution in [0.4, 0.5) is 0 Å². The summed E-state index contributed by atoms with van der Waals surface area (Å²) in [6.07, 6.45) is 8.80. The molecular formula is C25H35ClN3O8P. The van der Waals surface area contributed by atoms with Crippen LogP contribution in [0.5, 0.6) is 5.75 Å². The monoisotopic (exact) mass is 571 g/mol. The minimum Gasteiger partial charge on any atom is -0.461 e. The molecule has 1 aromatic carbocycles. The van der Waals surface area contributed by atoms with E-state index < -0.39 is 38.3 Å². The topological polar surface area (TPSA) is 132 Å². The largest absolute Gasteiger partial charge is 0.461 e. The Bertz CT molecular complexity index is 1010. The van der Waals surface area contributed by atoms with Crippen molar-refractivity contribution in [3.05, 3.63) is 41.6 Å². The number of ether oxygens (including phenoxy) is 2. The van der Waals surface area contributed by atoms with Crippen LogP contribution in [-0.4, -0.2) is 68.7 Å². The normalized spacial score (nSPS) is 14.2. The van der Waals surface area contributed by atoms with Crippen molar-refractivity contribution in [2.75, 3.05) is 27.3 Å². The Morgan fingerprint density at radius 1 is 1.21 bits per heavy atom. The van der Waals surface area contributed by atoms with E-state index in [-0.39, 0.29) is 24.9 Å². The van der Waals surface area contributed by atoms with Gasteiger partial charge < -0.3 is 24.2 Å².